The number of anilines is 2. The predicted octanol–water partition coefficient (Wildman–Crippen LogP) is 7.19. The van der Waals surface area contributed by atoms with Gasteiger partial charge in [0.05, 0.1) is 27.0 Å². The SMILES string of the molecule is Cc1nc2c(s1)CCN(C(=O)c1ccc(NC(=O)c3ccc(Cl)cc3Cl)cc1C)c1ccccc1-2. The van der Waals surface area contributed by atoms with E-state index in [4.69, 9.17) is 28.2 Å². The number of para-hydroxylation sites is 1. The third kappa shape index (κ3) is 4.57. The van der Waals surface area contributed by atoms with Gasteiger partial charge in [-0.05, 0) is 61.9 Å². The number of nitrogens with one attached hydrogen (secondary N) is 1. The second-order valence-electron chi connectivity index (χ2n) is 8.34. The molecular formula is C27H21Cl2N3O2S. The van der Waals surface area contributed by atoms with E-state index < -0.39 is 0 Å². The summed E-state index contributed by atoms with van der Waals surface area (Å²) in [6.45, 7) is 4.44. The van der Waals surface area contributed by atoms with Crippen molar-refractivity contribution in [1.29, 1.82) is 0 Å². The molecule has 8 heteroatoms. The molecule has 1 aliphatic heterocycles. The summed E-state index contributed by atoms with van der Waals surface area (Å²) in [5.74, 6) is -0.430. The molecule has 0 spiro atoms. The number of fused-ring (bicyclic) bond motifs is 3. The third-order valence-corrected chi connectivity index (χ3v) is 7.53. The van der Waals surface area contributed by atoms with E-state index >= 15 is 0 Å². The Labute approximate surface area is 217 Å². The topological polar surface area (TPSA) is 62.3 Å². The average Bonchev–Trinajstić information content (AvgIpc) is 3.12. The minimum absolute atomic E-state index is 0.0829. The highest BCUT2D eigenvalue weighted by molar-refractivity contribution is 7.12. The van der Waals surface area contributed by atoms with Crippen LogP contribution in [0.1, 0.15) is 36.2 Å². The lowest BCUT2D eigenvalue weighted by Gasteiger charge is -2.24. The average molecular weight is 522 g/mol. The fraction of sp³-hybridized carbons (Fsp3) is 0.148. The van der Waals surface area contributed by atoms with Crippen LogP contribution in [0.2, 0.25) is 10.0 Å². The van der Waals surface area contributed by atoms with Crippen molar-refractivity contribution in [3.63, 3.8) is 0 Å². The number of nitrogens with zero attached hydrogens (tertiary/aromatic N) is 2. The third-order valence-electron chi connectivity index (χ3n) is 5.95. The summed E-state index contributed by atoms with van der Waals surface area (Å²) in [6, 6.07) is 17.9. The Kier molecular flexibility index (Phi) is 6.36. The van der Waals surface area contributed by atoms with E-state index in [-0.39, 0.29) is 16.8 Å². The Morgan fingerprint density at radius 1 is 1.00 bits per heavy atom. The van der Waals surface area contributed by atoms with Crippen LogP contribution in [-0.4, -0.2) is 23.3 Å². The molecule has 35 heavy (non-hydrogen) atoms. The minimum Gasteiger partial charge on any atom is -0.322 e. The molecule has 0 saturated heterocycles. The molecule has 0 unspecified atom stereocenters. The van der Waals surface area contributed by atoms with Crippen LogP contribution in [0.15, 0.2) is 60.7 Å². The molecule has 176 valence electrons. The normalized spacial score (nSPS) is 12.5. The predicted molar refractivity (Wildman–Crippen MR) is 143 cm³/mol. The number of rotatable bonds is 3. The van der Waals surface area contributed by atoms with Gasteiger partial charge in [0.25, 0.3) is 11.8 Å². The van der Waals surface area contributed by atoms with E-state index in [1.807, 2.05) is 43.0 Å². The molecule has 5 nitrogen and oxygen atoms in total. The summed E-state index contributed by atoms with van der Waals surface area (Å²) in [6.07, 6.45) is 0.746. The van der Waals surface area contributed by atoms with E-state index in [9.17, 15) is 9.59 Å². The van der Waals surface area contributed by atoms with E-state index in [1.54, 1.807) is 41.7 Å². The summed E-state index contributed by atoms with van der Waals surface area (Å²) < 4.78 is 0. The van der Waals surface area contributed by atoms with E-state index in [1.165, 1.54) is 10.9 Å². The van der Waals surface area contributed by atoms with Crippen LogP contribution in [-0.2, 0) is 6.42 Å². The van der Waals surface area contributed by atoms with E-state index in [0.717, 1.165) is 33.9 Å². The second-order valence-corrected chi connectivity index (χ2v) is 10.5. The zero-order valence-electron chi connectivity index (χ0n) is 19.1. The maximum Gasteiger partial charge on any atom is 0.258 e. The lowest BCUT2D eigenvalue weighted by Crippen LogP contribution is -2.33. The summed E-state index contributed by atoms with van der Waals surface area (Å²) in [7, 11) is 0. The molecule has 0 atom stereocenters. The highest BCUT2D eigenvalue weighted by atomic mass is 35.5. The van der Waals surface area contributed by atoms with Crippen molar-refractivity contribution in [2.24, 2.45) is 0 Å². The second kappa shape index (κ2) is 9.46. The molecule has 1 N–H and O–H groups in total. The van der Waals surface area contributed by atoms with Gasteiger partial charge in [-0.1, -0.05) is 41.4 Å². The van der Waals surface area contributed by atoms with Crippen molar-refractivity contribution in [3.8, 4) is 11.3 Å². The Morgan fingerprint density at radius 2 is 1.77 bits per heavy atom. The number of halogens is 2. The lowest BCUT2D eigenvalue weighted by atomic mass is 10.0. The number of thiazole rings is 1. The quantitative estimate of drug-likeness (QED) is 0.310. The van der Waals surface area contributed by atoms with Gasteiger partial charge >= 0.3 is 0 Å². The van der Waals surface area contributed by atoms with Crippen LogP contribution in [0.3, 0.4) is 0 Å². The molecule has 0 saturated carbocycles. The Hall–Kier alpha value is -3.19. The van der Waals surface area contributed by atoms with Crippen molar-refractivity contribution < 1.29 is 9.59 Å². The number of amides is 2. The van der Waals surface area contributed by atoms with Crippen molar-refractivity contribution >= 4 is 57.7 Å². The van der Waals surface area contributed by atoms with E-state index in [2.05, 4.69) is 5.32 Å². The zero-order chi connectivity index (χ0) is 24.7. The van der Waals surface area contributed by atoms with Crippen LogP contribution < -0.4 is 10.2 Å². The van der Waals surface area contributed by atoms with E-state index in [0.29, 0.717) is 28.4 Å². The molecular weight excluding hydrogens is 501 g/mol. The largest absolute Gasteiger partial charge is 0.322 e. The van der Waals surface area contributed by atoms with Gasteiger partial charge in [-0.2, -0.15) is 0 Å². The van der Waals surface area contributed by atoms with Gasteiger partial charge in [-0.15, -0.1) is 11.3 Å². The van der Waals surface area contributed by atoms with Gasteiger partial charge in [-0.3, -0.25) is 9.59 Å². The molecule has 0 bridgehead atoms. The molecule has 3 aromatic carbocycles. The Balaban J connectivity index is 1.42. The van der Waals surface area contributed by atoms with Crippen LogP contribution in [0, 0.1) is 13.8 Å². The number of hydrogen-bond donors (Lipinski definition) is 1. The maximum absolute atomic E-state index is 13.7. The first kappa shape index (κ1) is 23.5. The summed E-state index contributed by atoms with van der Waals surface area (Å²) in [4.78, 5) is 34.1. The molecule has 1 aliphatic rings. The highest BCUT2D eigenvalue weighted by Crippen LogP contribution is 2.39. The van der Waals surface area contributed by atoms with Gasteiger partial charge in [0.15, 0.2) is 0 Å². The van der Waals surface area contributed by atoms with Crippen molar-refractivity contribution in [2.45, 2.75) is 20.3 Å². The van der Waals surface area contributed by atoms with Crippen molar-refractivity contribution in [1.82, 2.24) is 4.98 Å². The first-order valence-electron chi connectivity index (χ1n) is 11.1. The molecule has 5 rings (SSSR count). The molecule has 0 aliphatic carbocycles. The first-order valence-corrected chi connectivity index (χ1v) is 12.6. The number of carbonyl (C=O) groups is 2. The highest BCUT2D eigenvalue weighted by Gasteiger charge is 2.27. The number of benzene rings is 3. The molecule has 1 aromatic heterocycles. The number of aromatic nitrogens is 1. The lowest BCUT2D eigenvalue weighted by molar-refractivity contribution is 0.0985. The number of hydrogen-bond acceptors (Lipinski definition) is 4. The van der Waals surface area contributed by atoms with Gasteiger partial charge < -0.3 is 10.2 Å². The van der Waals surface area contributed by atoms with Crippen LogP contribution in [0.4, 0.5) is 11.4 Å². The standard InChI is InChI=1S/C27H21Cl2N3O2S/c1-15-13-18(31-26(33)20-9-7-17(28)14-22(20)29)8-10-19(15)27(34)32-12-11-24-25(30-16(2)35-24)21-5-3-4-6-23(21)32/h3-10,13-14H,11-12H2,1-2H3,(H,31,33). The van der Waals surface area contributed by atoms with Gasteiger partial charge in [0, 0.05) is 39.7 Å². The van der Waals surface area contributed by atoms with Crippen molar-refractivity contribution in [3.05, 3.63) is 97.3 Å². The van der Waals surface area contributed by atoms with Crippen molar-refractivity contribution in [2.75, 3.05) is 16.8 Å². The smallest absolute Gasteiger partial charge is 0.258 e. The number of carbonyl (C=O) groups excluding carboxylic acids is 2. The molecule has 4 aromatic rings. The van der Waals surface area contributed by atoms with Gasteiger partial charge in [0.2, 0.25) is 0 Å². The first-order chi connectivity index (χ1) is 16.8. The fourth-order valence-electron chi connectivity index (χ4n) is 4.30. The fourth-order valence-corrected chi connectivity index (χ4v) is 5.74. The zero-order valence-corrected chi connectivity index (χ0v) is 21.4. The maximum atomic E-state index is 13.7. The van der Waals surface area contributed by atoms with Crippen LogP contribution in [0.25, 0.3) is 11.3 Å². The number of aryl methyl sites for hydroxylation is 2. The molecule has 0 fully saturated rings. The summed E-state index contributed by atoms with van der Waals surface area (Å²) >= 11 is 13.8. The minimum atomic E-state index is -0.347. The molecule has 0 radical (unpaired) electrons. The van der Waals surface area contributed by atoms with Crippen LogP contribution >= 0.6 is 34.5 Å². The monoisotopic (exact) mass is 521 g/mol. The molecule has 2 amide bonds. The summed E-state index contributed by atoms with van der Waals surface area (Å²) in [5.41, 5.74) is 5.04. The summed E-state index contributed by atoms with van der Waals surface area (Å²) in [5, 5.41) is 4.61. The molecule has 2 heterocycles. The Bertz CT molecular complexity index is 1480. The van der Waals surface area contributed by atoms with Gasteiger partial charge in [0.1, 0.15) is 0 Å². The van der Waals surface area contributed by atoms with Crippen LogP contribution in [0.5, 0.6) is 0 Å². The Morgan fingerprint density at radius 3 is 2.54 bits per heavy atom. The van der Waals surface area contributed by atoms with Gasteiger partial charge in [-0.25, -0.2) is 4.98 Å².